The van der Waals surface area contributed by atoms with Gasteiger partial charge in [0.25, 0.3) is 0 Å². The summed E-state index contributed by atoms with van der Waals surface area (Å²) in [7, 11) is -3.54. The van der Waals surface area contributed by atoms with Crippen molar-refractivity contribution in [3.8, 4) is 0 Å². The summed E-state index contributed by atoms with van der Waals surface area (Å²) in [6.45, 7) is 1.97. The van der Waals surface area contributed by atoms with E-state index in [9.17, 15) is 13.2 Å². The number of benzene rings is 2. The van der Waals surface area contributed by atoms with Crippen LogP contribution in [0.5, 0.6) is 0 Å². The van der Waals surface area contributed by atoms with Gasteiger partial charge >= 0.3 is 0 Å². The van der Waals surface area contributed by atoms with Crippen LogP contribution in [0.1, 0.15) is 24.0 Å². The summed E-state index contributed by atoms with van der Waals surface area (Å²) < 4.78 is 27.1. The van der Waals surface area contributed by atoms with Gasteiger partial charge in [-0.15, -0.1) is 0 Å². The maximum Gasteiger partial charge on any atom is 0.248 e. The van der Waals surface area contributed by atoms with Crippen LogP contribution in [0.15, 0.2) is 59.5 Å². The Kier molecular flexibility index (Phi) is 5.01. The van der Waals surface area contributed by atoms with Gasteiger partial charge in [-0.1, -0.05) is 30.3 Å². The molecule has 25 heavy (non-hydrogen) atoms. The molecule has 0 aliphatic heterocycles. The molecule has 1 aliphatic carbocycles. The van der Waals surface area contributed by atoms with Gasteiger partial charge in [0, 0.05) is 17.8 Å². The molecule has 2 aromatic carbocycles. The van der Waals surface area contributed by atoms with Crippen molar-refractivity contribution in [2.75, 3.05) is 5.32 Å². The predicted octanol–water partition coefficient (Wildman–Crippen LogP) is 3.09. The van der Waals surface area contributed by atoms with Crippen LogP contribution in [0.4, 0.5) is 5.69 Å². The summed E-state index contributed by atoms with van der Waals surface area (Å²) in [6.07, 6.45) is 4.92. The zero-order chi connectivity index (χ0) is 17.9. The van der Waals surface area contributed by atoms with Crippen LogP contribution in [0.3, 0.4) is 0 Å². The summed E-state index contributed by atoms with van der Waals surface area (Å²) in [5, 5.41) is 2.70. The van der Waals surface area contributed by atoms with E-state index in [2.05, 4.69) is 10.0 Å². The molecule has 0 bridgehead atoms. The first kappa shape index (κ1) is 17.4. The van der Waals surface area contributed by atoms with E-state index in [0.29, 0.717) is 5.69 Å². The average Bonchev–Trinajstić information content (AvgIpc) is 3.38. The van der Waals surface area contributed by atoms with Gasteiger partial charge in [-0.2, -0.15) is 0 Å². The van der Waals surface area contributed by atoms with Gasteiger partial charge in [0.15, 0.2) is 0 Å². The van der Waals surface area contributed by atoms with Crippen molar-refractivity contribution in [2.45, 2.75) is 30.7 Å². The van der Waals surface area contributed by atoms with E-state index < -0.39 is 10.0 Å². The number of anilines is 1. The second kappa shape index (κ2) is 7.21. The van der Waals surface area contributed by atoms with Gasteiger partial charge in [-0.05, 0) is 55.2 Å². The van der Waals surface area contributed by atoms with E-state index in [1.807, 2.05) is 31.2 Å². The largest absolute Gasteiger partial charge is 0.322 e. The van der Waals surface area contributed by atoms with Crippen molar-refractivity contribution in [1.29, 1.82) is 0 Å². The molecule has 5 nitrogen and oxygen atoms in total. The molecule has 0 spiro atoms. The highest BCUT2D eigenvalue weighted by atomic mass is 32.2. The maximum atomic E-state index is 12.2. The lowest BCUT2D eigenvalue weighted by atomic mass is 10.1. The minimum atomic E-state index is -3.54. The van der Waals surface area contributed by atoms with Crippen molar-refractivity contribution in [1.82, 2.24) is 4.72 Å². The van der Waals surface area contributed by atoms with Crippen LogP contribution in [0, 0.1) is 6.92 Å². The standard InChI is InChI=1S/C19H20N2O3S/c1-14-5-2-3-6-15(14)9-12-19(22)20-17-7-4-8-18(13-17)25(23,24)21-16-10-11-16/h2-9,12-13,16,21H,10-11H2,1H3,(H,20,22)/b12-9+. The molecule has 0 heterocycles. The van der Waals surface area contributed by atoms with Gasteiger partial charge < -0.3 is 5.32 Å². The molecule has 1 amide bonds. The minimum Gasteiger partial charge on any atom is -0.322 e. The molecule has 0 unspecified atom stereocenters. The molecule has 1 fully saturated rings. The van der Waals surface area contributed by atoms with Crippen LogP contribution >= 0.6 is 0 Å². The SMILES string of the molecule is Cc1ccccc1/C=C/C(=O)Nc1cccc(S(=O)(=O)NC2CC2)c1. The zero-order valence-corrected chi connectivity index (χ0v) is 14.7. The van der Waals surface area contributed by atoms with Crippen LogP contribution in [-0.4, -0.2) is 20.4 Å². The lowest BCUT2D eigenvalue weighted by molar-refractivity contribution is -0.111. The first-order valence-corrected chi connectivity index (χ1v) is 9.59. The number of rotatable bonds is 6. The Morgan fingerprint density at radius 3 is 2.60 bits per heavy atom. The summed E-state index contributed by atoms with van der Waals surface area (Å²) in [4.78, 5) is 12.2. The van der Waals surface area contributed by atoms with Crippen LogP contribution in [0.2, 0.25) is 0 Å². The second-order valence-electron chi connectivity index (χ2n) is 6.10. The Bertz CT molecular complexity index is 916. The van der Waals surface area contributed by atoms with Crippen molar-refractivity contribution >= 4 is 27.7 Å². The molecule has 130 valence electrons. The van der Waals surface area contributed by atoms with Gasteiger partial charge in [0.2, 0.25) is 15.9 Å². The van der Waals surface area contributed by atoms with Crippen molar-refractivity contribution in [2.24, 2.45) is 0 Å². The van der Waals surface area contributed by atoms with E-state index in [-0.39, 0.29) is 16.8 Å². The third-order valence-electron chi connectivity index (χ3n) is 3.91. The first-order chi connectivity index (χ1) is 11.9. The van der Waals surface area contributed by atoms with Gasteiger partial charge in [0.1, 0.15) is 0 Å². The number of amides is 1. The topological polar surface area (TPSA) is 75.3 Å². The fraction of sp³-hybridized carbons (Fsp3) is 0.211. The third-order valence-corrected chi connectivity index (χ3v) is 5.43. The van der Waals surface area contributed by atoms with Gasteiger partial charge in [-0.25, -0.2) is 13.1 Å². The minimum absolute atomic E-state index is 0.0419. The van der Waals surface area contributed by atoms with Crippen molar-refractivity contribution in [3.05, 3.63) is 65.7 Å². The number of hydrogen-bond donors (Lipinski definition) is 2. The molecule has 0 atom stereocenters. The molecule has 2 N–H and O–H groups in total. The number of sulfonamides is 1. The molecule has 2 aromatic rings. The molecule has 6 heteroatoms. The Labute approximate surface area is 147 Å². The quantitative estimate of drug-likeness (QED) is 0.781. The highest BCUT2D eigenvalue weighted by Gasteiger charge is 2.28. The van der Waals surface area contributed by atoms with E-state index in [4.69, 9.17) is 0 Å². The van der Waals surface area contributed by atoms with Crippen molar-refractivity contribution < 1.29 is 13.2 Å². The van der Waals surface area contributed by atoms with Crippen LogP contribution in [-0.2, 0) is 14.8 Å². The average molecular weight is 356 g/mol. The Morgan fingerprint density at radius 1 is 1.12 bits per heavy atom. The second-order valence-corrected chi connectivity index (χ2v) is 7.82. The molecule has 3 rings (SSSR count). The predicted molar refractivity (Wildman–Crippen MR) is 98.6 cm³/mol. The van der Waals surface area contributed by atoms with Gasteiger partial charge in [0.05, 0.1) is 4.90 Å². The van der Waals surface area contributed by atoms with Crippen LogP contribution < -0.4 is 10.0 Å². The summed E-state index contributed by atoms with van der Waals surface area (Å²) in [5.41, 5.74) is 2.48. The maximum absolute atomic E-state index is 12.2. The zero-order valence-electron chi connectivity index (χ0n) is 13.9. The molecular formula is C19H20N2O3S. The number of carbonyl (C=O) groups excluding carboxylic acids is 1. The lowest BCUT2D eigenvalue weighted by Crippen LogP contribution is -2.25. The molecule has 1 aliphatic rings. The summed E-state index contributed by atoms with van der Waals surface area (Å²) in [6, 6.07) is 14.0. The molecule has 0 aromatic heterocycles. The van der Waals surface area contributed by atoms with E-state index in [1.54, 1.807) is 18.2 Å². The molecule has 0 saturated heterocycles. The number of carbonyl (C=O) groups is 1. The normalized spacial score (nSPS) is 14.6. The number of hydrogen-bond acceptors (Lipinski definition) is 3. The fourth-order valence-corrected chi connectivity index (χ4v) is 3.70. The third kappa shape index (κ3) is 4.78. The summed E-state index contributed by atoms with van der Waals surface area (Å²) in [5.74, 6) is -0.312. The fourth-order valence-electron chi connectivity index (χ4n) is 2.35. The Morgan fingerprint density at radius 2 is 1.88 bits per heavy atom. The lowest BCUT2D eigenvalue weighted by Gasteiger charge is -2.08. The Hall–Kier alpha value is -2.44. The van der Waals surface area contributed by atoms with E-state index in [1.165, 1.54) is 18.2 Å². The highest BCUT2D eigenvalue weighted by molar-refractivity contribution is 7.89. The molecular weight excluding hydrogens is 336 g/mol. The van der Waals surface area contributed by atoms with E-state index in [0.717, 1.165) is 24.0 Å². The van der Waals surface area contributed by atoms with Crippen LogP contribution in [0.25, 0.3) is 6.08 Å². The van der Waals surface area contributed by atoms with E-state index >= 15 is 0 Å². The number of aryl methyl sites for hydroxylation is 1. The highest BCUT2D eigenvalue weighted by Crippen LogP contribution is 2.23. The first-order valence-electron chi connectivity index (χ1n) is 8.11. The smallest absolute Gasteiger partial charge is 0.248 e. The Balaban J connectivity index is 1.69. The van der Waals surface area contributed by atoms with Gasteiger partial charge in [-0.3, -0.25) is 4.79 Å². The van der Waals surface area contributed by atoms with Crippen molar-refractivity contribution in [3.63, 3.8) is 0 Å². The summed E-state index contributed by atoms with van der Waals surface area (Å²) >= 11 is 0. The monoisotopic (exact) mass is 356 g/mol. The molecule has 0 radical (unpaired) electrons. The molecule has 1 saturated carbocycles. The number of nitrogens with one attached hydrogen (secondary N) is 2.